The van der Waals surface area contributed by atoms with E-state index < -0.39 is 43.7 Å². The first-order valence-electron chi connectivity index (χ1n) is 21.2. The number of carbonyl (C=O) groups is 3. The van der Waals surface area contributed by atoms with Crippen LogP contribution in [-0.4, -0.2) is 85.8 Å². The lowest BCUT2D eigenvalue weighted by Gasteiger charge is -2.37. The van der Waals surface area contributed by atoms with Gasteiger partial charge in [-0.3, -0.25) is 24.2 Å². The van der Waals surface area contributed by atoms with Gasteiger partial charge in [-0.15, -0.1) is 0 Å². The van der Waals surface area contributed by atoms with Crippen molar-refractivity contribution in [2.45, 2.75) is 94.9 Å². The Kier molecular flexibility index (Phi) is 11.7. The van der Waals surface area contributed by atoms with Crippen molar-refractivity contribution in [3.63, 3.8) is 0 Å². The number of rotatable bonds is 13. The Morgan fingerprint density at radius 3 is 2.35 bits per heavy atom. The van der Waals surface area contributed by atoms with Gasteiger partial charge in [-0.2, -0.15) is 0 Å². The van der Waals surface area contributed by atoms with Crippen LogP contribution >= 0.6 is 0 Å². The van der Waals surface area contributed by atoms with E-state index in [1.54, 1.807) is 27.8 Å². The zero-order valence-electron chi connectivity index (χ0n) is 34.8. The number of aliphatic hydroxyl groups is 2. The summed E-state index contributed by atoms with van der Waals surface area (Å²) in [5.41, 5.74) is 3.47. The van der Waals surface area contributed by atoms with Gasteiger partial charge < -0.3 is 34.0 Å². The second-order valence-electron chi connectivity index (χ2n) is 17.0. The molecule has 4 aromatic rings. The van der Waals surface area contributed by atoms with Crippen LogP contribution in [0.2, 0.25) is 18.6 Å². The molecule has 0 saturated carbocycles. The summed E-state index contributed by atoms with van der Waals surface area (Å²) in [7, 11) is -3.66. The summed E-state index contributed by atoms with van der Waals surface area (Å²) in [5, 5.41) is 23.2. The van der Waals surface area contributed by atoms with E-state index in [4.69, 9.17) is 9.47 Å². The monoisotopic (exact) mass is 834 g/mol. The third-order valence-electron chi connectivity index (χ3n) is 12.9. The number of hydrogen-bond donors (Lipinski definition) is 3. The van der Waals surface area contributed by atoms with Crippen LogP contribution < -0.4 is 19.9 Å². The molecule has 3 N–H and O–H groups in total. The Labute approximate surface area is 352 Å². The number of unbranched alkanes of at least 4 members (excludes halogenated alkanes) is 1. The van der Waals surface area contributed by atoms with Crippen LogP contribution in [-0.2, 0) is 44.1 Å². The zero-order chi connectivity index (χ0) is 42.3. The molecule has 1 unspecified atom stereocenters. The Hall–Kier alpha value is -4.92. The van der Waals surface area contributed by atoms with E-state index in [0.29, 0.717) is 79.4 Å². The first-order valence-corrected chi connectivity index (χ1v) is 24.2. The van der Waals surface area contributed by atoms with Crippen LogP contribution in [0, 0.1) is 5.92 Å². The molecule has 8 rings (SSSR count). The van der Waals surface area contributed by atoms with Gasteiger partial charge in [-0.25, -0.2) is 0 Å². The smallest absolute Gasteiger partial charge is 0.268 e. The predicted molar refractivity (Wildman–Crippen MR) is 231 cm³/mol. The number of aliphatic hydroxyl groups excluding tert-OH is 2. The number of amides is 3. The van der Waals surface area contributed by atoms with E-state index in [2.05, 4.69) is 5.32 Å². The fourth-order valence-electron chi connectivity index (χ4n) is 10.2. The van der Waals surface area contributed by atoms with Gasteiger partial charge in [0.05, 0.1) is 49.2 Å². The molecule has 6 atom stereocenters. The van der Waals surface area contributed by atoms with Gasteiger partial charge in [-0.1, -0.05) is 49.4 Å². The Balaban J connectivity index is 1.22. The highest BCUT2D eigenvalue weighted by Gasteiger charge is 2.67. The number of ether oxygens (including phenoxy) is 2. The van der Waals surface area contributed by atoms with Gasteiger partial charge in [0.1, 0.15) is 5.75 Å². The van der Waals surface area contributed by atoms with Crippen LogP contribution in [0.5, 0.6) is 5.75 Å². The van der Waals surface area contributed by atoms with E-state index >= 15 is 8.90 Å². The van der Waals surface area contributed by atoms with E-state index in [0.717, 1.165) is 16.7 Å². The first-order chi connectivity index (χ1) is 28.9. The second kappa shape index (κ2) is 16.9. The molecule has 0 aromatic heterocycles. The fourth-order valence-corrected chi connectivity index (χ4v) is 12.7. The van der Waals surface area contributed by atoms with Crippen molar-refractivity contribution in [2.24, 2.45) is 5.92 Å². The second-order valence-corrected chi connectivity index (χ2v) is 20.8. The van der Waals surface area contributed by atoms with Crippen molar-refractivity contribution in [3.05, 3.63) is 113 Å². The standard InChI is InChI=1S/C47H55FN4O7Si/c1-5-58-37-18-20-40-33(24-37)25-39(49-21-11-12-22-53)45(56)51(40)35-17-19-41-38(26-35)47(46(57)52(41)34-15-7-6-8-16-34)30(2)44(60(3,4)48)42(59-47)27-43(55)50-28-32-14-10-9-13-31(32)23-36(50)29-54/h6-10,13-20,24,26,30,36,39,42,44,49,53-54H,5,11-12,21-23,25,27-29H2,1-4H3/t30-,36-,39?,42+,44-,47+/m0/s1. The van der Waals surface area contributed by atoms with Crippen molar-refractivity contribution in [2.75, 3.05) is 36.2 Å². The van der Waals surface area contributed by atoms with Crippen LogP contribution in [0.3, 0.4) is 0 Å². The highest BCUT2D eigenvalue weighted by atomic mass is 28.4. The molecule has 1 fully saturated rings. The quantitative estimate of drug-likeness (QED) is 0.0760. The SMILES string of the molecule is CCOc1ccc2c(c1)CC(NCCCCO)C(=O)N2c1ccc2c(c1)[C@@]1(O[C@H](CC(=O)N3Cc4ccccc4C[C@H]3CO)[C@@H]([Si](C)(C)F)[C@@H]1C)C(=O)N2c1ccccc1. The Bertz CT molecular complexity index is 2250. The summed E-state index contributed by atoms with van der Waals surface area (Å²) in [5.74, 6) is -0.804. The molecule has 3 amide bonds. The van der Waals surface area contributed by atoms with E-state index in [9.17, 15) is 19.8 Å². The summed E-state index contributed by atoms with van der Waals surface area (Å²) in [6, 6.07) is 27.3. The van der Waals surface area contributed by atoms with Crippen molar-refractivity contribution >= 4 is 48.9 Å². The minimum absolute atomic E-state index is 0.0664. The largest absolute Gasteiger partial charge is 0.494 e. The number of benzene rings is 4. The maximum absolute atomic E-state index is 16.9. The lowest BCUT2D eigenvalue weighted by atomic mass is 9.82. The number of halogens is 1. The summed E-state index contributed by atoms with van der Waals surface area (Å²) in [6.45, 7) is 8.20. The third kappa shape index (κ3) is 7.34. The molecule has 4 heterocycles. The fraction of sp³-hybridized carbons (Fsp3) is 0.426. The molecule has 11 nitrogen and oxygen atoms in total. The van der Waals surface area contributed by atoms with Gasteiger partial charge in [0.2, 0.25) is 20.2 Å². The molecule has 13 heteroatoms. The number of para-hydroxylation sites is 1. The van der Waals surface area contributed by atoms with Gasteiger partial charge in [0.25, 0.3) is 5.91 Å². The highest BCUT2D eigenvalue weighted by molar-refractivity contribution is 6.72. The molecular formula is C47H55FN4O7Si. The summed E-state index contributed by atoms with van der Waals surface area (Å²) >= 11 is 0. The number of nitrogens with one attached hydrogen (secondary N) is 1. The highest BCUT2D eigenvalue weighted by Crippen LogP contribution is 2.62. The normalized spacial score (nSPS) is 24.8. The van der Waals surface area contributed by atoms with Gasteiger partial charge in [0.15, 0.2) is 5.60 Å². The van der Waals surface area contributed by atoms with Crippen LogP contribution in [0.25, 0.3) is 0 Å². The van der Waals surface area contributed by atoms with Crippen molar-refractivity contribution in [1.29, 1.82) is 0 Å². The molecule has 0 radical (unpaired) electrons. The summed E-state index contributed by atoms with van der Waals surface area (Å²) in [4.78, 5) is 49.3. The molecule has 316 valence electrons. The zero-order valence-corrected chi connectivity index (χ0v) is 35.8. The number of carbonyl (C=O) groups excluding carboxylic acids is 3. The minimum atomic E-state index is -3.66. The molecule has 0 bridgehead atoms. The van der Waals surface area contributed by atoms with Crippen LogP contribution in [0.15, 0.2) is 91.0 Å². The average Bonchev–Trinajstić information content (AvgIpc) is 3.68. The van der Waals surface area contributed by atoms with E-state index in [-0.39, 0.29) is 37.4 Å². The molecule has 0 aliphatic carbocycles. The predicted octanol–water partition coefficient (Wildman–Crippen LogP) is 6.83. The topological polar surface area (TPSA) is 132 Å². The van der Waals surface area contributed by atoms with Gasteiger partial charge >= 0.3 is 0 Å². The van der Waals surface area contributed by atoms with Crippen LogP contribution in [0.1, 0.15) is 55.4 Å². The van der Waals surface area contributed by atoms with Gasteiger partial charge in [-0.05, 0) is 117 Å². The maximum Gasteiger partial charge on any atom is 0.268 e. The molecule has 4 aliphatic rings. The number of hydrogen-bond acceptors (Lipinski definition) is 8. The van der Waals surface area contributed by atoms with Crippen molar-refractivity contribution in [1.82, 2.24) is 10.2 Å². The first kappa shape index (κ1) is 41.8. The third-order valence-corrected chi connectivity index (χ3v) is 15.4. The maximum atomic E-state index is 16.9. The van der Waals surface area contributed by atoms with Crippen LogP contribution in [0.4, 0.5) is 26.9 Å². The number of fused-ring (bicyclic) bond motifs is 4. The summed E-state index contributed by atoms with van der Waals surface area (Å²) < 4.78 is 29.9. The number of nitrogens with zero attached hydrogens (tertiary/aromatic N) is 3. The van der Waals surface area contributed by atoms with Crippen molar-refractivity contribution < 1.29 is 38.2 Å². The average molecular weight is 835 g/mol. The van der Waals surface area contributed by atoms with E-state index in [1.165, 1.54) is 0 Å². The molecule has 4 aliphatic heterocycles. The lowest BCUT2D eigenvalue weighted by Crippen LogP contribution is -2.49. The number of anilines is 4. The molecule has 1 spiro atoms. The Morgan fingerprint density at radius 2 is 1.63 bits per heavy atom. The molecule has 60 heavy (non-hydrogen) atoms. The van der Waals surface area contributed by atoms with E-state index in [1.807, 2.05) is 105 Å². The Morgan fingerprint density at radius 1 is 0.900 bits per heavy atom. The summed E-state index contributed by atoms with van der Waals surface area (Å²) in [6.07, 6.45) is 1.15. The van der Waals surface area contributed by atoms with Gasteiger partial charge in [0, 0.05) is 41.5 Å². The molecular weight excluding hydrogens is 780 g/mol. The minimum Gasteiger partial charge on any atom is -0.494 e. The van der Waals surface area contributed by atoms with Crippen molar-refractivity contribution in [3.8, 4) is 5.75 Å². The molecule has 1 saturated heterocycles. The lowest BCUT2D eigenvalue weighted by molar-refractivity contribution is -0.150. The molecule has 4 aromatic carbocycles.